The van der Waals surface area contributed by atoms with Gasteiger partial charge in [0.15, 0.2) is 0 Å². The molecule has 0 heterocycles. The topological polar surface area (TPSA) is 114 Å². The molecule has 212 valence electrons. The summed E-state index contributed by atoms with van der Waals surface area (Å²) in [5.41, 5.74) is 1.49. The fraction of sp³-hybridized carbons (Fsp3) is 0.188. The first kappa shape index (κ1) is 30.4. The van der Waals surface area contributed by atoms with Gasteiger partial charge in [-0.25, -0.2) is 19.2 Å². The van der Waals surface area contributed by atoms with Crippen LogP contribution in [0.2, 0.25) is 0 Å². The predicted molar refractivity (Wildman–Crippen MR) is 150 cm³/mol. The van der Waals surface area contributed by atoms with Crippen molar-refractivity contribution in [2.75, 3.05) is 6.79 Å². The Morgan fingerprint density at radius 2 is 1.24 bits per heavy atom. The molecule has 0 aliphatic heterocycles. The smallest absolute Gasteiger partial charge is 0.343 e. The molecule has 0 radical (unpaired) electrons. The maximum Gasteiger partial charge on any atom is 0.343 e. The molecule has 9 nitrogen and oxygen atoms in total. The number of rotatable bonds is 11. The van der Waals surface area contributed by atoms with E-state index in [-0.39, 0.29) is 24.7 Å². The Morgan fingerprint density at radius 1 is 0.707 bits per heavy atom. The van der Waals surface area contributed by atoms with Crippen LogP contribution in [0.5, 0.6) is 17.2 Å². The Bertz CT molecular complexity index is 1430. The molecule has 3 rings (SSSR count). The summed E-state index contributed by atoms with van der Waals surface area (Å²) in [6.45, 7) is 12.2. The molecule has 0 aromatic heterocycles. The summed E-state index contributed by atoms with van der Waals surface area (Å²) in [5.74, 6) is -1.33. The van der Waals surface area contributed by atoms with Crippen LogP contribution in [0.1, 0.15) is 52.6 Å². The number of hydrogen-bond acceptors (Lipinski definition) is 9. The van der Waals surface area contributed by atoms with E-state index >= 15 is 0 Å². The van der Waals surface area contributed by atoms with Gasteiger partial charge in [0, 0.05) is 17.7 Å². The zero-order valence-electron chi connectivity index (χ0n) is 23.0. The van der Waals surface area contributed by atoms with Gasteiger partial charge in [-0.05, 0) is 65.6 Å². The van der Waals surface area contributed by atoms with Crippen molar-refractivity contribution in [1.82, 2.24) is 0 Å². The van der Waals surface area contributed by atoms with Gasteiger partial charge in [0.2, 0.25) is 6.79 Å². The van der Waals surface area contributed by atoms with Gasteiger partial charge in [-0.15, -0.1) is 0 Å². The second kappa shape index (κ2) is 13.7. The molecular weight excluding hydrogens is 528 g/mol. The fourth-order valence-corrected chi connectivity index (χ4v) is 3.42. The van der Waals surface area contributed by atoms with Gasteiger partial charge >= 0.3 is 23.9 Å². The summed E-state index contributed by atoms with van der Waals surface area (Å²) in [6.07, 6.45) is 2.10. The monoisotopic (exact) mass is 558 g/mol. The minimum Gasteiger partial charge on any atom is -0.458 e. The van der Waals surface area contributed by atoms with E-state index in [0.29, 0.717) is 28.2 Å². The minimum absolute atomic E-state index is 0.0552. The third-order valence-corrected chi connectivity index (χ3v) is 5.59. The molecule has 0 atom stereocenters. The van der Waals surface area contributed by atoms with Crippen LogP contribution < -0.4 is 14.2 Å². The largest absolute Gasteiger partial charge is 0.458 e. The van der Waals surface area contributed by atoms with Crippen LogP contribution in [0.3, 0.4) is 0 Å². The van der Waals surface area contributed by atoms with E-state index in [0.717, 1.165) is 12.2 Å². The van der Waals surface area contributed by atoms with Crippen LogP contribution in [-0.4, -0.2) is 30.7 Å². The summed E-state index contributed by atoms with van der Waals surface area (Å²) in [6, 6.07) is 17.4. The molecule has 9 heteroatoms. The molecule has 3 aromatic rings. The normalized spacial score (nSPS) is 10.6. The number of esters is 4. The van der Waals surface area contributed by atoms with Crippen molar-refractivity contribution in [2.24, 2.45) is 0 Å². The number of ether oxygens (including phenoxy) is 5. The first-order valence-electron chi connectivity index (χ1n) is 12.5. The van der Waals surface area contributed by atoms with Crippen molar-refractivity contribution >= 4 is 23.9 Å². The molecule has 0 saturated heterocycles. The minimum atomic E-state index is -0.611. The zero-order valence-corrected chi connectivity index (χ0v) is 23.0. The molecular formula is C32H30O9. The summed E-state index contributed by atoms with van der Waals surface area (Å²) in [4.78, 5) is 47.9. The van der Waals surface area contributed by atoms with E-state index < -0.39 is 29.3 Å². The van der Waals surface area contributed by atoms with Crippen LogP contribution in [0, 0.1) is 0 Å². The van der Waals surface area contributed by atoms with E-state index in [1.165, 1.54) is 18.2 Å². The van der Waals surface area contributed by atoms with Gasteiger partial charge in [0.05, 0.1) is 11.1 Å². The number of carbonyl (C=O) groups excluding carboxylic acids is 4. The highest BCUT2D eigenvalue weighted by Gasteiger charge is 2.23. The van der Waals surface area contributed by atoms with Gasteiger partial charge in [0.25, 0.3) is 0 Å². The number of hydrogen-bond donors (Lipinski definition) is 0. The lowest BCUT2D eigenvalue weighted by molar-refractivity contribution is -0.144. The van der Waals surface area contributed by atoms with Gasteiger partial charge in [-0.3, -0.25) is 0 Å². The standard InChI is InChI=1S/C32H30O9/c1-6-28(33)37-19-21-8-10-22(11-9-21)31(36)41-27-17-16-25(18-26(27)32(3,4)5)40-30(35)23-12-14-24(15-13-23)38-20-39-29(34)7-2/h6-18H,1-2,19-20H2,3-5H3. The lowest BCUT2D eigenvalue weighted by atomic mass is 9.86. The van der Waals surface area contributed by atoms with Crippen molar-refractivity contribution in [3.8, 4) is 17.2 Å². The fourth-order valence-electron chi connectivity index (χ4n) is 3.42. The molecule has 0 aliphatic carbocycles. The lowest BCUT2D eigenvalue weighted by Gasteiger charge is -2.23. The molecule has 0 bridgehead atoms. The second-order valence-electron chi connectivity index (χ2n) is 9.65. The lowest BCUT2D eigenvalue weighted by Crippen LogP contribution is -2.17. The summed E-state index contributed by atoms with van der Waals surface area (Å²) >= 11 is 0. The average molecular weight is 559 g/mol. The van der Waals surface area contributed by atoms with Gasteiger partial charge < -0.3 is 23.7 Å². The maximum absolute atomic E-state index is 12.9. The van der Waals surface area contributed by atoms with Crippen LogP contribution in [-0.2, 0) is 31.1 Å². The van der Waals surface area contributed by atoms with Crippen molar-refractivity contribution < 1.29 is 42.9 Å². The third-order valence-electron chi connectivity index (χ3n) is 5.59. The average Bonchev–Trinajstić information content (AvgIpc) is 2.96. The Kier molecular flexibility index (Phi) is 10.2. The Labute approximate surface area is 237 Å². The van der Waals surface area contributed by atoms with E-state index in [1.54, 1.807) is 48.5 Å². The maximum atomic E-state index is 12.9. The summed E-state index contributed by atoms with van der Waals surface area (Å²) in [5, 5.41) is 0. The Balaban J connectivity index is 1.67. The van der Waals surface area contributed by atoms with Gasteiger partial charge in [0.1, 0.15) is 23.9 Å². The molecule has 0 N–H and O–H groups in total. The van der Waals surface area contributed by atoms with Crippen molar-refractivity contribution in [1.29, 1.82) is 0 Å². The Hall–Kier alpha value is -5.18. The van der Waals surface area contributed by atoms with Crippen LogP contribution in [0.15, 0.2) is 92.0 Å². The van der Waals surface area contributed by atoms with Gasteiger partial charge in [-0.2, -0.15) is 0 Å². The molecule has 3 aromatic carbocycles. The first-order chi connectivity index (χ1) is 19.5. The molecule has 41 heavy (non-hydrogen) atoms. The predicted octanol–water partition coefficient (Wildman–Crippen LogP) is 5.72. The quantitative estimate of drug-likeness (QED) is 0.126. The first-order valence-corrected chi connectivity index (χ1v) is 12.5. The second-order valence-corrected chi connectivity index (χ2v) is 9.65. The zero-order chi connectivity index (χ0) is 30.0. The van der Waals surface area contributed by atoms with E-state index in [1.807, 2.05) is 20.8 Å². The molecule has 0 saturated carbocycles. The number of benzene rings is 3. The number of carbonyl (C=O) groups is 4. The highest BCUT2D eigenvalue weighted by atomic mass is 16.7. The Morgan fingerprint density at radius 3 is 1.83 bits per heavy atom. The van der Waals surface area contributed by atoms with Crippen molar-refractivity contribution in [3.63, 3.8) is 0 Å². The SMILES string of the molecule is C=CC(=O)OCOc1ccc(C(=O)Oc2ccc(OC(=O)c3ccc(COC(=O)C=C)cc3)c(C(C)(C)C)c2)cc1. The highest BCUT2D eigenvalue weighted by molar-refractivity contribution is 5.92. The van der Waals surface area contributed by atoms with Crippen molar-refractivity contribution in [3.05, 3.63) is 114 Å². The van der Waals surface area contributed by atoms with Gasteiger partial charge in [-0.1, -0.05) is 46.1 Å². The third kappa shape index (κ3) is 8.93. The molecule has 0 spiro atoms. The van der Waals surface area contributed by atoms with Crippen LogP contribution >= 0.6 is 0 Å². The van der Waals surface area contributed by atoms with E-state index in [9.17, 15) is 19.2 Å². The van der Waals surface area contributed by atoms with Crippen LogP contribution in [0.25, 0.3) is 0 Å². The molecule has 0 aliphatic rings. The summed E-state index contributed by atoms with van der Waals surface area (Å²) in [7, 11) is 0. The highest BCUT2D eigenvalue weighted by Crippen LogP contribution is 2.35. The van der Waals surface area contributed by atoms with E-state index in [4.69, 9.17) is 23.7 Å². The molecule has 0 fully saturated rings. The molecule has 0 unspecified atom stereocenters. The van der Waals surface area contributed by atoms with Crippen LogP contribution in [0.4, 0.5) is 0 Å². The van der Waals surface area contributed by atoms with Crippen molar-refractivity contribution in [2.45, 2.75) is 32.8 Å². The van der Waals surface area contributed by atoms with E-state index in [2.05, 4.69) is 13.2 Å². The summed E-state index contributed by atoms with van der Waals surface area (Å²) < 4.78 is 26.3. The molecule has 0 amide bonds.